The highest BCUT2D eigenvalue weighted by atomic mass is 32.1. The summed E-state index contributed by atoms with van der Waals surface area (Å²) in [6.07, 6.45) is 0. The first kappa shape index (κ1) is 14.6. The van der Waals surface area contributed by atoms with Gasteiger partial charge >= 0.3 is 0 Å². The molecule has 2 N–H and O–H groups in total. The summed E-state index contributed by atoms with van der Waals surface area (Å²) >= 11 is 5.13. The summed E-state index contributed by atoms with van der Waals surface area (Å²) in [5.41, 5.74) is -0.212. The van der Waals surface area contributed by atoms with Gasteiger partial charge in [0.2, 0.25) is 0 Å². The van der Waals surface area contributed by atoms with Gasteiger partial charge in [-0.25, -0.2) is 0 Å². The van der Waals surface area contributed by atoms with Gasteiger partial charge in [0.25, 0.3) is 0 Å². The van der Waals surface area contributed by atoms with Gasteiger partial charge in [-0.1, -0.05) is 0 Å². The lowest BCUT2D eigenvalue weighted by Gasteiger charge is -2.25. The second kappa shape index (κ2) is 6.98. The Morgan fingerprint density at radius 2 is 2.00 bits per heavy atom. The van der Waals surface area contributed by atoms with Crippen LogP contribution in [0.15, 0.2) is 0 Å². The number of hydrogen-bond acceptors (Lipinski definition) is 3. The second-order valence-electron chi connectivity index (χ2n) is 4.15. The van der Waals surface area contributed by atoms with Gasteiger partial charge < -0.3 is 20.1 Å². The lowest BCUT2D eigenvalue weighted by molar-refractivity contribution is 0.0269. The molecule has 0 aromatic heterocycles. The SMILES string of the molecule is COCC(C)NC(=S)NCC(C)(C)OC. The van der Waals surface area contributed by atoms with Crippen LogP contribution in [0.4, 0.5) is 0 Å². The Balaban J connectivity index is 3.75. The minimum absolute atomic E-state index is 0.209. The van der Waals surface area contributed by atoms with Crippen molar-refractivity contribution in [3.63, 3.8) is 0 Å². The van der Waals surface area contributed by atoms with Crippen molar-refractivity contribution in [2.75, 3.05) is 27.4 Å². The number of rotatable bonds is 6. The Kier molecular flexibility index (Phi) is 6.80. The average Bonchev–Trinajstić information content (AvgIpc) is 2.15. The van der Waals surface area contributed by atoms with Crippen molar-refractivity contribution in [3.05, 3.63) is 0 Å². The van der Waals surface area contributed by atoms with E-state index in [0.29, 0.717) is 18.3 Å². The smallest absolute Gasteiger partial charge is 0.166 e. The molecule has 1 unspecified atom stereocenters. The summed E-state index contributed by atoms with van der Waals surface area (Å²) < 4.78 is 10.3. The van der Waals surface area contributed by atoms with E-state index >= 15 is 0 Å². The molecule has 0 saturated heterocycles. The number of ether oxygens (including phenoxy) is 2. The zero-order chi connectivity index (χ0) is 11.9. The largest absolute Gasteiger partial charge is 0.383 e. The number of nitrogens with one attached hydrogen (secondary N) is 2. The summed E-state index contributed by atoms with van der Waals surface area (Å²) in [6.45, 7) is 7.33. The van der Waals surface area contributed by atoms with Gasteiger partial charge in [0.05, 0.1) is 12.2 Å². The van der Waals surface area contributed by atoms with E-state index in [1.54, 1.807) is 14.2 Å². The van der Waals surface area contributed by atoms with Crippen LogP contribution in [-0.2, 0) is 9.47 Å². The minimum Gasteiger partial charge on any atom is -0.383 e. The fourth-order valence-electron chi connectivity index (χ4n) is 0.932. The third kappa shape index (κ3) is 7.53. The second-order valence-corrected chi connectivity index (χ2v) is 4.56. The lowest BCUT2D eigenvalue weighted by Crippen LogP contribution is -2.47. The number of thiocarbonyl (C=S) groups is 1. The van der Waals surface area contributed by atoms with Crippen LogP contribution >= 0.6 is 12.2 Å². The third-order valence-corrected chi connectivity index (χ3v) is 2.28. The van der Waals surface area contributed by atoms with Crippen LogP contribution in [0, 0.1) is 0 Å². The molecule has 5 heteroatoms. The molecular weight excluding hydrogens is 212 g/mol. The molecular formula is C10H22N2O2S. The van der Waals surface area contributed by atoms with Crippen LogP contribution in [0.2, 0.25) is 0 Å². The van der Waals surface area contributed by atoms with Gasteiger partial charge in [-0.05, 0) is 33.0 Å². The monoisotopic (exact) mass is 234 g/mol. The molecule has 1 atom stereocenters. The molecule has 0 aliphatic heterocycles. The topological polar surface area (TPSA) is 42.5 Å². The first-order valence-electron chi connectivity index (χ1n) is 4.99. The maximum Gasteiger partial charge on any atom is 0.166 e. The van der Waals surface area contributed by atoms with Crippen LogP contribution in [-0.4, -0.2) is 44.1 Å². The van der Waals surface area contributed by atoms with Gasteiger partial charge in [0, 0.05) is 26.8 Å². The zero-order valence-corrected chi connectivity index (χ0v) is 11.0. The van der Waals surface area contributed by atoms with Crippen LogP contribution in [0.5, 0.6) is 0 Å². The molecule has 4 nitrogen and oxygen atoms in total. The standard InChI is InChI=1S/C10H22N2O2S/c1-8(6-13-4)12-9(15)11-7-10(2,3)14-5/h8H,6-7H2,1-5H3,(H2,11,12,15). The van der Waals surface area contributed by atoms with Gasteiger partial charge in [0.15, 0.2) is 5.11 Å². The Bertz CT molecular complexity index is 198. The highest BCUT2D eigenvalue weighted by molar-refractivity contribution is 7.80. The molecule has 0 spiro atoms. The molecule has 0 fully saturated rings. The van der Waals surface area contributed by atoms with E-state index in [2.05, 4.69) is 10.6 Å². The first-order chi connectivity index (χ1) is 6.91. The van der Waals surface area contributed by atoms with Crippen LogP contribution < -0.4 is 10.6 Å². The van der Waals surface area contributed by atoms with Crippen LogP contribution in [0.3, 0.4) is 0 Å². The summed E-state index contributed by atoms with van der Waals surface area (Å²) in [4.78, 5) is 0. The fraction of sp³-hybridized carbons (Fsp3) is 0.900. The Morgan fingerprint density at radius 3 is 2.47 bits per heavy atom. The van der Waals surface area contributed by atoms with Crippen molar-refractivity contribution in [3.8, 4) is 0 Å². The van der Waals surface area contributed by atoms with Gasteiger partial charge in [-0.3, -0.25) is 0 Å². The van der Waals surface area contributed by atoms with Crippen LogP contribution in [0.1, 0.15) is 20.8 Å². The van der Waals surface area contributed by atoms with Crippen molar-refractivity contribution in [1.29, 1.82) is 0 Å². The average molecular weight is 234 g/mol. The Morgan fingerprint density at radius 1 is 1.40 bits per heavy atom. The summed E-state index contributed by atoms with van der Waals surface area (Å²) in [5.74, 6) is 0. The van der Waals surface area contributed by atoms with Crippen molar-refractivity contribution in [2.24, 2.45) is 0 Å². The normalized spacial score (nSPS) is 13.4. The molecule has 0 heterocycles. The molecule has 0 radical (unpaired) electrons. The first-order valence-corrected chi connectivity index (χ1v) is 5.40. The van der Waals surface area contributed by atoms with E-state index in [1.165, 1.54) is 0 Å². The van der Waals surface area contributed by atoms with E-state index in [0.717, 1.165) is 0 Å². The molecule has 0 amide bonds. The predicted octanol–water partition coefficient (Wildman–Crippen LogP) is 0.910. The molecule has 0 aromatic carbocycles. The maximum atomic E-state index is 5.27. The molecule has 90 valence electrons. The van der Waals surface area contributed by atoms with Crippen molar-refractivity contribution < 1.29 is 9.47 Å². The van der Waals surface area contributed by atoms with Gasteiger partial charge in [-0.15, -0.1) is 0 Å². The maximum absolute atomic E-state index is 5.27. The van der Waals surface area contributed by atoms with E-state index in [-0.39, 0.29) is 11.6 Å². The van der Waals surface area contributed by atoms with Crippen molar-refractivity contribution >= 4 is 17.3 Å². The number of methoxy groups -OCH3 is 2. The molecule has 0 aliphatic rings. The Labute approximate surface area is 97.7 Å². The van der Waals surface area contributed by atoms with E-state index < -0.39 is 0 Å². The highest BCUT2D eigenvalue weighted by Crippen LogP contribution is 2.04. The molecule has 15 heavy (non-hydrogen) atoms. The summed E-state index contributed by atoms with van der Waals surface area (Å²) in [7, 11) is 3.36. The predicted molar refractivity (Wildman–Crippen MR) is 66.2 cm³/mol. The quantitative estimate of drug-likeness (QED) is 0.669. The van der Waals surface area contributed by atoms with E-state index in [4.69, 9.17) is 21.7 Å². The lowest BCUT2D eigenvalue weighted by atomic mass is 10.1. The van der Waals surface area contributed by atoms with Crippen molar-refractivity contribution in [2.45, 2.75) is 32.4 Å². The van der Waals surface area contributed by atoms with E-state index in [9.17, 15) is 0 Å². The van der Waals surface area contributed by atoms with Gasteiger partial charge in [0.1, 0.15) is 0 Å². The Hall–Kier alpha value is -0.390. The molecule has 0 aliphatic carbocycles. The molecule has 0 aromatic rings. The minimum atomic E-state index is -0.212. The number of hydrogen-bond donors (Lipinski definition) is 2. The highest BCUT2D eigenvalue weighted by Gasteiger charge is 2.16. The summed E-state index contributed by atoms with van der Waals surface area (Å²) in [6, 6.07) is 0.209. The molecule has 0 saturated carbocycles. The molecule has 0 bridgehead atoms. The molecule has 0 rings (SSSR count). The van der Waals surface area contributed by atoms with E-state index in [1.807, 2.05) is 20.8 Å². The van der Waals surface area contributed by atoms with Gasteiger partial charge in [-0.2, -0.15) is 0 Å². The summed E-state index contributed by atoms with van der Waals surface area (Å²) in [5, 5.41) is 6.85. The van der Waals surface area contributed by atoms with Crippen LogP contribution in [0.25, 0.3) is 0 Å². The zero-order valence-electron chi connectivity index (χ0n) is 10.2. The third-order valence-electron chi connectivity index (χ3n) is 2.02. The fourth-order valence-corrected chi connectivity index (χ4v) is 1.21. The van der Waals surface area contributed by atoms with Crippen molar-refractivity contribution in [1.82, 2.24) is 10.6 Å².